The van der Waals surface area contributed by atoms with E-state index in [4.69, 9.17) is 5.11 Å². The second-order valence-electron chi connectivity index (χ2n) is 4.07. The summed E-state index contributed by atoms with van der Waals surface area (Å²) >= 11 is 0. The summed E-state index contributed by atoms with van der Waals surface area (Å²) in [5, 5.41) is 9.02. The van der Waals surface area contributed by atoms with Crippen LogP contribution in [0.4, 0.5) is 0 Å². The molecule has 0 saturated heterocycles. The molecule has 0 unspecified atom stereocenters. The van der Waals surface area contributed by atoms with E-state index in [0.717, 1.165) is 19.4 Å². The molecular formula is C12H26N2O2. The van der Waals surface area contributed by atoms with Gasteiger partial charge < -0.3 is 10.0 Å². The molecule has 1 N–H and O–H groups in total. The minimum Gasteiger partial charge on any atom is -0.395 e. The highest BCUT2D eigenvalue weighted by molar-refractivity contribution is 5.77. The Labute approximate surface area is 99.2 Å². The molecule has 0 aliphatic carbocycles. The van der Waals surface area contributed by atoms with Gasteiger partial charge in [-0.2, -0.15) is 0 Å². The minimum absolute atomic E-state index is 0.111. The summed E-state index contributed by atoms with van der Waals surface area (Å²) in [5.41, 5.74) is 0. The summed E-state index contributed by atoms with van der Waals surface area (Å²) in [6, 6.07) is 0.390. The van der Waals surface area contributed by atoms with E-state index < -0.39 is 0 Å². The maximum absolute atomic E-state index is 11.8. The van der Waals surface area contributed by atoms with Crippen molar-refractivity contribution in [3.63, 3.8) is 0 Å². The zero-order valence-corrected chi connectivity index (χ0v) is 11.1. The van der Waals surface area contributed by atoms with Gasteiger partial charge in [-0.1, -0.05) is 13.8 Å². The molecule has 0 aromatic rings. The van der Waals surface area contributed by atoms with Crippen LogP contribution in [-0.2, 0) is 4.79 Å². The molecular weight excluding hydrogens is 204 g/mol. The smallest absolute Gasteiger partial charge is 0.236 e. The Balaban J connectivity index is 4.36. The van der Waals surface area contributed by atoms with Gasteiger partial charge in [0.15, 0.2) is 0 Å². The molecule has 0 radical (unpaired) electrons. The van der Waals surface area contributed by atoms with E-state index in [-0.39, 0.29) is 12.5 Å². The first-order valence-electron chi connectivity index (χ1n) is 6.19. The lowest BCUT2D eigenvalue weighted by Crippen LogP contribution is -2.44. The Hall–Kier alpha value is -0.610. The first kappa shape index (κ1) is 15.4. The topological polar surface area (TPSA) is 43.8 Å². The summed E-state index contributed by atoms with van der Waals surface area (Å²) in [4.78, 5) is 15.6. The SMILES string of the molecule is CCC(CC)N(CCO)CC(=O)N(C)CC. The zero-order chi connectivity index (χ0) is 12.6. The van der Waals surface area contributed by atoms with Crippen molar-refractivity contribution in [3.8, 4) is 0 Å². The van der Waals surface area contributed by atoms with Crippen LogP contribution in [0.5, 0.6) is 0 Å². The summed E-state index contributed by atoms with van der Waals surface area (Å²) in [6.45, 7) is 8.03. The van der Waals surface area contributed by atoms with Crippen LogP contribution < -0.4 is 0 Å². The summed E-state index contributed by atoms with van der Waals surface area (Å²) in [7, 11) is 1.81. The largest absolute Gasteiger partial charge is 0.395 e. The van der Waals surface area contributed by atoms with Crippen molar-refractivity contribution in [2.75, 3.05) is 33.3 Å². The Kier molecular flexibility index (Phi) is 8.21. The van der Waals surface area contributed by atoms with Gasteiger partial charge in [-0.25, -0.2) is 0 Å². The monoisotopic (exact) mass is 230 g/mol. The molecule has 0 atom stereocenters. The number of rotatable bonds is 8. The molecule has 4 heteroatoms. The second-order valence-corrected chi connectivity index (χ2v) is 4.07. The zero-order valence-electron chi connectivity index (χ0n) is 11.1. The molecule has 0 spiro atoms. The van der Waals surface area contributed by atoms with Gasteiger partial charge in [-0.15, -0.1) is 0 Å². The lowest BCUT2D eigenvalue weighted by molar-refractivity contribution is -0.131. The first-order chi connectivity index (χ1) is 7.60. The number of hydrogen-bond donors (Lipinski definition) is 1. The van der Waals surface area contributed by atoms with Crippen molar-refractivity contribution in [1.29, 1.82) is 0 Å². The third-order valence-electron chi connectivity index (χ3n) is 3.08. The first-order valence-corrected chi connectivity index (χ1v) is 6.19. The third-order valence-corrected chi connectivity index (χ3v) is 3.08. The van der Waals surface area contributed by atoms with E-state index in [1.165, 1.54) is 0 Å². The van der Waals surface area contributed by atoms with Crippen LogP contribution in [0, 0.1) is 0 Å². The predicted molar refractivity (Wildman–Crippen MR) is 66.3 cm³/mol. The molecule has 1 amide bonds. The van der Waals surface area contributed by atoms with Crippen molar-refractivity contribution >= 4 is 5.91 Å². The van der Waals surface area contributed by atoms with E-state index in [0.29, 0.717) is 19.1 Å². The fourth-order valence-corrected chi connectivity index (χ4v) is 1.80. The van der Waals surface area contributed by atoms with E-state index in [2.05, 4.69) is 18.7 Å². The van der Waals surface area contributed by atoms with Crippen LogP contribution in [0.3, 0.4) is 0 Å². The van der Waals surface area contributed by atoms with Gasteiger partial charge in [0.25, 0.3) is 0 Å². The lowest BCUT2D eigenvalue weighted by Gasteiger charge is -2.30. The van der Waals surface area contributed by atoms with Crippen molar-refractivity contribution in [2.45, 2.75) is 39.7 Å². The third kappa shape index (κ3) is 4.94. The molecule has 4 nitrogen and oxygen atoms in total. The summed E-state index contributed by atoms with van der Waals surface area (Å²) in [6.07, 6.45) is 2.03. The molecule has 0 rings (SSSR count). The highest BCUT2D eigenvalue weighted by Gasteiger charge is 2.19. The molecule has 0 bridgehead atoms. The molecule has 0 aliphatic rings. The average molecular weight is 230 g/mol. The van der Waals surface area contributed by atoms with Crippen molar-refractivity contribution in [2.24, 2.45) is 0 Å². The number of carbonyl (C=O) groups excluding carboxylic acids is 1. The number of carbonyl (C=O) groups is 1. The highest BCUT2D eigenvalue weighted by atomic mass is 16.3. The molecule has 0 aromatic carbocycles. The van der Waals surface area contributed by atoms with Crippen LogP contribution in [0.15, 0.2) is 0 Å². The fraction of sp³-hybridized carbons (Fsp3) is 0.917. The van der Waals surface area contributed by atoms with Gasteiger partial charge in [0, 0.05) is 26.2 Å². The Morgan fingerprint density at radius 3 is 2.19 bits per heavy atom. The maximum atomic E-state index is 11.8. The standard InChI is InChI=1S/C12H26N2O2/c1-5-11(6-2)14(8-9-15)10-12(16)13(4)7-3/h11,15H,5-10H2,1-4H3. The average Bonchev–Trinajstić information content (AvgIpc) is 2.29. The number of nitrogens with zero attached hydrogens (tertiary/aromatic N) is 2. The van der Waals surface area contributed by atoms with Crippen molar-refractivity contribution in [3.05, 3.63) is 0 Å². The van der Waals surface area contributed by atoms with Gasteiger partial charge in [-0.05, 0) is 19.8 Å². The lowest BCUT2D eigenvalue weighted by atomic mass is 10.1. The van der Waals surface area contributed by atoms with Gasteiger partial charge in [0.1, 0.15) is 0 Å². The fourth-order valence-electron chi connectivity index (χ4n) is 1.80. The minimum atomic E-state index is 0.111. The Morgan fingerprint density at radius 1 is 1.25 bits per heavy atom. The Morgan fingerprint density at radius 2 is 1.81 bits per heavy atom. The molecule has 96 valence electrons. The number of aliphatic hydroxyl groups excluding tert-OH is 1. The van der Waals surface area contributed by atoms with Crippen molar-refractivity contribution < 1.29 is 9.90 Å². The van der Waals surface area contributed by atoms with Gasteiger partial charge in [0.2, 0.25) is 5.91 Å². The van der Waals surface area contributed by atoms with Crippen LogP contribution in [0.25, 0.3) is 0 Å². The molecule has 0 aromatic heterocycles. The van der Waals surface area contributed by atoms with E-state index in [9.17, 15) is 4.79 Å². The molecule has 16 heavy (non-hydrogen) atoms. The molecule has 0 aliphatic heterocycles. The van der Waals surface area contributed by atoms with E-state index in [1.54, 1.807) is 4.90 Å². The molecule has 0 fully saturated rings. The van der Waals surface area contributed by atoms with Gasteiger partial charge >= 0.3 is 0 Å². The predicted octanol–water partition coefficient (Wildman–Crippen LogP) is 0.948. The quantitative estimate of drug-likeness (QED) is 0.675. The normalized spacial score (nSPS) is 11.2. The van der Waals surface area contributed by atoms with Crippen LogP contribution in [0.1, 0.15) is 33.6 Å². The van der Waals surface area contributed by atoms with Crippen molar-refractivity contribution in [1.82, 2.24) is 9.80 Å². The summed E-state index contributed by atoms with van der Waals surface area (Å²) in [5.74, 6) is 0.128. The Bertz CT molecular complexity index is 193. The van der Waals surface area contributed by atoms with Gasteiger partial charge in [0.05, 0.1) is 13.2 Å². The maximum Gasteiger partial charge on any atom is 0.236 e. The number of hydrogen-bond acceptors (Lipinski definition) is 3. The van der Waals surface area contributed by atoms with Crippen LogP contribution in [0.2, 0.25) is 0 Å². The van der Waals surface area contributed by atoms with Crippen LogP contribution in [-0.4, -0.2) is 60.1 Å². The molecule has 0 saturated carbocycles. The van der Waals surface area contributed by atoms with E-state index >= 15 is 0 Å². The number of amides is 1. The van der Waals surface area contributed by atoms with E-state index in [1.807, 2.05) is 14.0 Å². The summed E-state index contributed by atoms with van der Waals surface area (Å²) < 4.78 is 0. The highest BCUT2D eigenvalue weighted by Crippen LogP contribution is 2.08. The number of likely N-dealkylation sites (N-methyl/N-ethyl adjacent to an activating group) is 1. The molecule has 0 heterocycles. The number of aliphatic hydroxyl groups is 1. The second kappa shape index (κ2) is 8.53. The van der Waals surface area contributed by atoms with Gasteiger partial charge in [-0.3, -0.25) is 9.69 Å². The van der Waals surface area contributed by atoms with Crippen LogP contribution >= 0.6 is 0 Å².